The van der Waals surface area contributed by atoms with Gasteiger partial charge in [0.2, 0.25) is 0 Å². The Morgan fingerprint density at radius 2 is 2.08 bits per heavy atom. The Morgan fingerprint density at radius 1 is 1.43 bits per heavy atom. The Labute approximate surface area is 230 Å². The molecule has 5 N–H and O–H groups in total. The van der Waals surface area contributed by atoms with Gasteiger partial charge >= 0.3 is 231 Å². The van der Waals surface area contributed by atoms with Crippen molar-refractivity contribution >= 4 is 40.8 Å². The van der Waals surface area contributed by atoms with Crippen LogP contribution < -0.4 is 37.6 Å². The van der Waals surface area contributed by atoms with Crippen LogP contribution in [-0.4, -0.2) is 72.0 Å². The molecule has 1 saturated heterocycles. The Bertz CT molecular complexity index is 1240. The minimum absolute atomic E-state index is 0.0553. The third kappa shape index (κ3) is 5.86. The van der Waals surface area contributed by atoms with Crippen molar-refractivity contribution < 1.29 is 58.0 Å². The van der Waals surface area contributed by atoms with Gasteiger partial charge in [0.05, 0.1) is 0 Å². The quantitative estimate of drug-likeness (QED) is 0.0714. The van der Waals surface area contributed by atoms with Crippen LogP contribution >= 0.6 is 19.8 Å². The number of methoxy groups -OCH3 is 1. The number of carbonyl (C=O) groups is 1. The van der Waals surface area contributed by atoms with Crippen molar-refractivity contribution in [2.45, 2.75) is 76.0 Å². The molecule has 5 unspecified atom stereocenters. The predicted molar refractivity (Wildman–Crippen MR) is 129 cm³/mol. The van der Waals surface area contributed by atoms with Crippen molar-refractivity contribution in [2.75, 3.05) is 19.9 Å². The monoisotopic (exact) mass is 674 g/mol. The molecule has 2 aromatic heterocycles. The molecule has 1 amide bonds. The first kappa shape index (κ1) is 30.3. The van der Waals surface area contributed by atoms with Gasteiger partial charge in [0.1, 0.15) is 0 Å². The molecule has 0 saturated carbocycles. The van der Waals surface area contributed by atoms with Gasteiger partial charge in [-0.05, 0) is 0 Å². The van der Waals surface area contributed by atoms with Gasteiger partial charge in [0, 0.05) is 0 Å². The number of nitrogens with zero attached hydrogens (tertiary/aromatic N) is 3. The molecule has 1 aliphatic rings. The Hall–Kier alpha value is -1.24. The summed E-state index contributed by atoms with van der Waals surface area (Å²) in [7, 11) is -1.89. The zero-order valence-corrected chi connectivity index (χ0v) is 25.1. The summed E-state index contributed by atoms with van der Waals surface area (Å²) in [5, 5.41) is 11.2. The number of aromatic nitrogens is 4. The van der Waals surface area contributed by atoms with Crippen molar-refractivity contribution in [1.29, 1.82) is 0 Å². The Kier molecular flexibility index (Phi) is 9.40. The number of anilines is 1. The van der Waals surface area contributed by atoms with Crippen LogP contribution in [0.15, 0.2) is 6.33 Å². The molecule has 14 nitrogen and oxygen atoms in total. The fourth-order valence-corrected chi connectivity index (χ4v) is 7.34. The number of rotatable bonds is 11. The number of imidazole rings is 1. The molecule has 210 valence electrons. The fourth-order valence-electron chi connectivity index (χ4n) is 4.14. The summed E-state index contributed by atoms with van der Waals surface area (Å²) >= 11 is 3.80. The molecule has 37 heavy (non-hydrogen) atoms. The number of fused-ring (bicyclic) bond motifs is 1. The number of carbonyl (C=O) groups excluding carboxylic acids is 1. The standard InChI is InChI=1S/C20H33IN6O8PS/c1-7-20(29,8-2)36(30,31)35-19(3,4)13-11(32-6)12(34-21-17(28)23-5)16(33-13)27-9-24-10-14(27)25-18(22)26-15(10)37/h9,11-13,16,29H,7-8H2,1-6H3,(H,23,28)(H,30,31)(H3,22,25,26,37)/q-1/p-1. The van der Waals surface area contributed by atoms with E-state index in [1.807, 2.05) is 0 Å². The van der Waals surface area contributed by atoms with Crippen LogP contribution in [0.2, 0.25) is 0 Å². The zero-order chi connectivity index (χ0) is 27.8. The van der Waals surface area contributed by atoms with Crippen LogP contribution in [0.1, 0.15) is 46.8 Å². The number of hydrogen-bond donors (Lipinski definition) is 4. The molecular weight excluding hydrogens is 642 g/mol. The number of ether oxygens (including phenoxy) is 2. The van der Waals surface area contributed by atoms with Crippen LogP contribution in [0.3, 0.4) is 0 Å². The average Bonchev–Trinajstić information content (AvgIpc) is 3.42. The first-order chi connectivity index (χ1) is 17.2. The van der Waals surface area contributed by atoms with Gasteiger partial charge in [-0.3, -0.25) is 0 Å². The fraction of sp³-hybridized carbons (Fsp3) is 0.700. The van der Waals surface area contributed by atoms with Crippen molar-refractivity contribution in [3.05, 3.63) is 11.0 Å². The number of hydrogen-bond acceptors (Lipinski definition) is 12. The molecule has 1 aliphatic heterocycles. The molecule has 0 aliphatic carbocycles. The van der Waals surface area contributed by atoms with Gasteiger partial charge < -0.3 is 0 Å². The number of aliphatic hydroxyl groups is 1. The second-order valence-corrected chi connectivity index (χ2v) is 13.3. The normalized spacial score (nSPS) is 24.4. The van der Waals surface area contributed by atoms with Gasteiger partial charge in [-0.1, -0.05) is 0 Å². The summed E-state index contributed by atoms with van der Waals surface area (Å²) in [4.78, 5) is 36.4. The summed E-state index contributed by atoms with van der Waals surface area (Å²) in [6.45, 7) is 6.17. The number of aromatic amines is 1. The van der Waals surface area contributed by atoms with E-state index in [2.05, 4.69) is 20.3 Å². The van der Waals surface area contributed by atoms with Crippen LogP contribution in [0.25, 0.3) is 11.2 Å². The maximum atomic E-state index is 13.1. The summed E-state index contributed by atoms with van der Waals surface area (Å²) in [5.41, 5.74) is 5.10. The molecule has 0 spiro atoms. The molecule has 1 fully saturated rings. The van der Waals surface area contributed by atoms with Crippen LogP contribution in [-0.2, 0) is 21.6 Å². The molecule has 3 rings (SSSR count). The van der Waals surface area contributed by atoms with Gasteiger partial charge in [-0.25, -0.2) is 0 Å². The van der Waals surface area contributed by atoms with E-state index in [0.29, 0.717) is 11.2 Å². The van der Waals surface area contributed by atoms with Gasteiger partial charge in [0.25, 0.3) is 0 Å². The summed E-state index contributed by atoms with van der Waals surface area (Å²) in [5.74, 6) is 0.0571. The number of halogens is 1. The molecule has 0 radical (unpaired) electrons. The maximum absolute atomic E-state index is 13.1. The number of nitrogen functional groups attached to an aromatic ring is 1. The average molecular weight is 674 g/mol. The third-order valence-corrected chi connectivity index (χ3v) is 10.7. The summed E-state index contributed by atoms with van der Waals surface area (Å²) in [6.07, 6.45) is -2.37. The topological polar surface area (TPSA) is 199 Å². The Morgan fingerprint density at radius 3 is 2.65 bits per heavy atom. The van der Waals surface area contributed by atoms with Crippen molar-refractivity contribution in [3.63, 3.8) is 0 Å². The first-order valence-electron chi connectivity index (χ1n) is 11.4. The second kappa shape index (κ2) is 11.5. The van der Waals surface area contributed by atoms with E-state index in [4.69, 9.17) is 35.0 Å². The summed E-state index contributed by atoms with van der Waals surface area (Å²) in [6, 6.07) is 0. The molecule has 5 atom stereocenters. The van der Waals surface area contributed by atoms with Gasteiger partial charge in [-0.15, -0.1) is 0 Å². The predicted octanol–water partition coefficient (Wildman–Crippen LogP) is -1.43. The molecular formula is C20H32IN6O8PS-2. The molecule has 0 aromatic carbocycles. The molecule has 17 heteroatoms. The van der Waals surface area contributed by atoms with E-state index < -0.39 is 64.7 Å². The molecule has 0 bridgehead atoms. The minimum atomic E-state index is -4.81. The second-order valence-electron chi connectivity index (χ2n) is 8.96. The first-order valence-corrected chi connectivity index (χ1v) is 15.3. The summed E-state index contributed by atoms with van der Waals surface area (Å²) < 4.78 is 38.3. The van der Waals surface area contributed by atoms with Crippen molar-refractivity contribution in [3.8, 4) is 0 Å². The van der Waals surface area contributed by atoms with Crippen molar-refractivity contribution in [2.24, 2.45) is 0 Å². The number of nitrogens with one attached hydrogen (secondary N) is 2. The number of H-pyrrole nitrogens is 1. The number of nitrogens with two attached hydrogens (primary N) is 1. The van der Waals surface area contributed by atoms with Crippen molar-refractivity contribution in [1.82, 2.24) is 24.8 Å². The Balaban J connectivity index is 2.06. The van der Waals surface area contributed by atoms with Gasteiger partial charge in [0.15, 0.2) is 0 Å². The van der Waals surface area contributed by atoms with Crippen LogP contribution in [0.5, 0.6) is 0 Å². The number of amides is 1. The molecule has 3 heterocycles. The van der Waals surface area contributed by atoms with E-state index in [0.717, 1.165) is 0 Å². The zero-order valence-electron chi connectivity index (χ0n) is 21.3. The van der Waals surface area contributed by atoms with E-state index >= 15 is 0 Å². The van der Waals surface area contributed by atoms with Crippen LogP contribution in [0, 0.1) is 4.64 Å². The van der Waals surface area contributed by atoms with Crippen LogP contribution in [0.4, 0.5) is 10.7 Å². The van der Waals surface area contributed by atoms with E-state index in [-0.39, 0.29) is 27.3 Å². The molecule has 2 aromatic rings. The van der Waals surface area contributed by atoms with E-state index in [9.17, 15) is 19.4 Å². The third-order valence-electron chi connectivity index (χ3n) is 6.30. The van der Waals surface area contributed by atoms with E-state index in [1.54, 1.807) is 18.4 Å². The van der Waals surface area contributed by atoms with Gasteiger partial charge in [-0.2, -0.15) is 0 Å². The SMILES string of the molecule is CCC(O)(CC)P(=O)([O-])OC(C)(C)C1OC(n2cnc3c(=S)nc(N)[nH]c32)C(O[I-]C(=O)NC)C1OC. The van der Waals surface area contributed by atoms with E-state index in [1.165, 1.54) is 34.3 Å².